The zero-order chi connectivity index (χ0) is 35.8. The minimum absolute atomic E-state index is 0.0276. The number of rotatable bonds is 7. The van der Waals surface area contributed by atoms with Crippen molar-refractivity contribution in [3.05, 3.63) is 12.2 Å². The van der Waals surface area contributed by atoms with Crippen molar-refractivity contribution in [1.82, 2.24) is 4.90 Å². The van der Waals surface area contributed by atoms with E-state index in [1.807, 2.05) is 0 Å². The van der Waals surface area contributed by atoms with Gasteiger partial charge in [-0.15, -0.1) is 0 Å². The SMILES string of the molecule is C=C(CC(F)(F)C(=O)N1CCOCC1)[C@@H]1CC[C@]2(COC(C)=O)CC[C@]3(C)[C@H](CC[C@@H]4[C@@]5(C)CC[C@H](OC(C)=O)C(C)(C)[C@@H]5CC[C@]43C)[C@@H]12. The molecule has 1 amide bonds. The Labute approximate surface area is 292 Å². The van der Waals surface area contributed by atoms with Gasteiger partial charge in [-0.3, -0.25) is 14.4 Å². The highest BCUT2D eigenvalue weighted by Gasteiger charge is 2.71. The highest BCUT2D eigenvalue weighted by Crippen LogP contribution is 2.77. The quantitative estimate of drug-likeness (QED) is 0.199. The van der Waals surface area contributed by atoms with Crippen molar-refractivity contribution in [3.63, 3.8) is 0 Å². The van der Waals surface area contributed by atoms with Crippen molar-refractivity contribution >= 4 is 17.8 Å². The topological polar surface area (TPSA) is 82.1 Å². The van der Waals surface area contributed by atoms with Crippen LogP contribution in [0.3, 0.4) is 0 Å². The summed E-state index contributed by atoms with van der Waals surface area (Å²) >= 11 is 0. The van der Waals surface area contributed by atoms with E-state index >= 15 is 8.78 Å². The van der Waals surface area contributed by atoms with Crippen molar-refractivity contribution in [1.29, 1.82) is 0 Å². The third-order valence-corrected chi connectivity index (χ3v) is 16.0. The van der Waals surface area contributed by atoms with Crippen LogP contribution in [-0.4, -0.2) is 67.7 Å². The third-order valence-electron chi connectivity index (χ3n) is 16.0. The summed E-state index contributed by atoms with van der Waals surface area (Å²) in [7, 11) is 0. The molecule has 7 nitrogen and oxygen atoms in total. The monoisotopic (exact) mass is 689 g/mol. The molecule has 1 heterocycles. The van der Waals surface area contributed by atoms with Crippen molar-refractivity contribution < 1.29 is 37.4 Å². The Morgan fingerprint density at radius 2 is 1.53 bits per heavy atom. The van der Waals surface area contributed by atoms with E-state index in [2.05, 4.69) is 41.2 Å². The Balaban J connectivity index is 1.30. The first kappa shape index (κ1) is 36.8. The van der Waals surface area contributed by atoms with E-state index in [1.54, 1.807) is 0 Å². The molecule has 9 heteroatoms. The number of esters is 2. The number of amides is 1. The van der Waals surface area contributed by atoms with E-state index in [9.17, 15) is 14.4 Å². The lowest BCUT2D eigenvalue weighted by Gasteiger charge is -2.73. The van der Waals surface area contributed by atoms with Crippen molar-refractivity contribution in [2.45, 2.75) is 131 Å². The second-order valence-electron chi connectivity index (χ2n) is 18.4. The fourth-order valence-electron chi connectivity index (χ4n) is 13.6. The van der Waals surface area contributed by atoms with Crippen LogP contribution >= 0.6 is 0 Å². The van der Waals surface area contributed by atoms with Crippen LogP contribution in [0.25, 0.3) is 0 Å². The first-order valence-electron chi connectivity index (χ1n) is 19.1. The average Bonchev–Trinajstić information content (AvgIpc) is 3.42. The molecule has 0 unspecified atom stereocenters. The lowest BCUT2D eigenvalue weighted by atomic mass is 9.32. The maximum atomic E-state index is 15.7. The third kappa shape index (κ3) is 5.78. The minimum Gasteiger partial charge on any atom is -0.465 e. The molecule has 0 aromatic carbocycles. The molecule has 276 valence electrons. The van der Waals surface area contributed by atoms with Crippen molar-refractivity contribution in [2.24, 2.45) is 56.7 Å². The summed E-state index contributed by atoms with van der Waals surface area (Å²) in [6.07, 6.45) is 8.89. The molecule has 0 bridgehead atoms. The number of hydrogen-bond acceptors (Lipinski definition) is 6. The summed E-state index contributed by atoms with van der Waals surface area (Å²) < 4.78 is 48.5. The van der Waals surface area contributed by atoms with Gasteiger partial charge in [0.25, 0.3) is 5.91 Å². The van der Waals surface area contributed by atoms with Crippen LogP contribution in [0.15, 0.2) is 12.2 Å². The molecule has 1 aliphatic heterocycles. The number of halogens is 2. The zero-order valence-electron chi connectivity index (χ0n) is 31.1. The highest BCUT2D eigenvalue weighted by molar-refractivity contribution is 5.84. The number of fused-ring (bicyclic) bond motifs is 7. The van der Waals surface area contributed by atoms with E-state index in [1.165, 1.54) is 18.7 Å². The van der Waals surface area contributed by atoms with Crippen molar-refractivity contribution in [3.8, 4) is 0 Å². The first-order chi connectivity index (χ1) is 22.8. The van der Waals surface area contributed by atoms with Gasteiger partial charge >= 0.3 is 17.9 Å². The van der Waals surface area contributed by atoms with Crippen LogP contribution in [-0.2, 0) is 28.6 Å². The Hall–Kier alpha value is -2.03. The minimum atomic E-state index is -3.53. The standard InChI is InChI=1S/C40H61F2NO6/c1-25(23-40(41,42)34(46)43-19-21-47-22-20-43)28-11-16-39(24-48-26(2)44)18-17-37(7)29(33(28)39)9-10-31-36(6)14-13-32(49-27(3)45)35(4,5)30(36)12-15-38(31,37)8/h28-33H,1,9-24H2,2-8H3/t28-,29+,30-,31+,32-,33+,36-,37+,38+,39+/m0/s1. The largest absolute Gasteiger partial charge is 0.465 e. The first-order valence-corrected chi connectivity index (χ1v) is 19.1. The molecule has 6 rings (SSSR count). The Morgan fingerprint density at radius 3 is 2.18 bits per heavy atom. The number of hydrogen-bond donors (Lipinski definition) is 0. The molecule has 6 fully saturated rings. The van der Waals surface area contributed by atoms with Gasteiger partial charge in [0.15, 0.2) is 0 Å². The Kier molecular flexibility index (Phi) is 9.43. The maximum Gasteiger partial charge on any atom is 0.328 e. The van der Waals surface area contributed by atoms with Crippen molar-refractivity contribution in [2.75, 3.05) is 32.9 Å². The predicted molar refractivity (Wildman–Crippen MR) is 182 cm³/mol. The second-order valence-corrected chi connectivity index (χ2v) is 18.4. The van der Waals surface area contributed by atoms with Gasteiger partial charge < -0.3 is 19.1 Å². The van der Waals surface area contributed by atoms with Crippen LogP contribution < -0.4 is 0 Å². The fourth-order valence-corrected chi connectivity index (χ4v) is 13.6. The van der Waals surface area contributed by atoms with Crippen LogP contribution in [0, 0.1) is 56.7 Å². The zero-order valence-corrected chi connectivity index (χ0v) is 31.1. The second kappa shape index (κ2) is 12.6. The molecule has 5 saturated carbocycles. The van der Waals surface area contributed by atoms with Gasteiger partial charge in [0.1, 0.15) is 6.10 Å². The van der Waals surface area contributed by atoms with Crippen LogP contribution in [0.2, 0.25) is 0 Å². The molecular formula is C40H61F2NO6. The van der Waals surface area contributed by atoms with Gasteiger partial charge in [-0.05, 0) is 110 Å². The van der Waals surface area contributed by atoms with Crippen LogP contribution in [0.1, 0.15) is 119 Å². The van der Waals surface area contributed by atoms with E-state index in [0.717, 1.165) is 64.2 Å². The molecule has 49 heavy (non-hydrogen) atoms. The average molecular weight is 690 g/mol. The summed E-state index contributed by atoms with van der Waals surface area (Å²) in [4.78, 5) is 38.5. The lowest BCUT2D eigenvalue weighted by Crippen LogP contribution is -2.67. The number of carbonyl (C=O) groups excluding carboxylic acids is 3. The molecule has 0 radical (unpaired) electrons. The molecule has 0 aromatic heterocycles. The number of carbonyl (C=O) groups is 3. The van der Waals surface area contributed by atoms with E-state index in [-0.39, 0.29) is 89.2 Å². The van der Waals surface area contributed by atoms with Gasteiger partial charge in [-0.2, -0.15) is 8.78 Å². The normalized spacial score (nSPS) is 42.9. The number of alkyl halides is 2. The van der Waals surface area contributed by atoms with Crippen LogP contribution in [0.5, 0.6) is 0 Å². The summed E-state index contributed by atoms with van der Waals surface area (Å²) in [5.74, 6) is -4.05. The predicted octanol–water partition coefficient (Wildman–Crippen LogP) is 8.00. The molecule has 0 aromatic rings. The van der Waals surface area contributed by atoms with Gasteiger partial charge in [0.2, 0.25) is 0 Å². The van der Waals surface area contributed by atoms with Gasteiger partial charge in [0.05, 0.1) is 19.8 Å². The lowest BCUT2D eigenvalue weighted by molar-refractivity contribution is -0.252. The number of allylic oxidation sites excluding steroid dienone is 1. The molecule has 6 aliphatic rings. The van der Waals surface area contributed by atoms with E-state index in [4.69, 9.17) is 14.2 Å². The molecule has 5 aliphatic carbocycles. The number of nitrogens with zero attached hydrogens (tertiary/aromatic N) is 1. The highest BCUT2D eigenvalue weighted by atomic mass is 19.3. The van der Waals surface area contributed by atoms with Gasteiger partial charge in [0, 0.05) is 44.2 Å². The molecule has 0 N–H and O–H groups in total. The Bertz CT molecular complexity index is 1340. The number of ether oxygens (including phenoxy) is 3. The smallest absolute Gasteiger partial charge is 0.328 e. The Morgan fingerprint density at radius 1 is 0.837 bits per heavy atom. The molecule has 10 atom stereocenters. The van der Waals surface area contributed by atoms with Gasteiger partial charge in [-0.25, -0.2) is 0 Å². The molecular weight excluding hydrogens is 628 g/mol. The van der Waals surface area contributed by atoms with E-state index in [0.29, 0.717) is 24.0 Å². The summed E-state index contributed by atoms with van der Waals surface area (Å²) in [5, 5.41) is 0. The fraction of sp³-hybridized carbons (Fsp3) is 0.875. The summed E-state index contributed by atoms with van der Waals surface area (Å²) in [6.45, 7) is 20.6. The number of morpholine rings is 1. The van der Waals surface area contributed by atoms with E-state index < -0.39 is 18.3 Å². The van der Waals surface area contributed by atoms with Gasteiger partial charge in [-0.1, -0.05) is 46.8 Å². The molecule has 1 saturated heterocycles. The summed E-state index contributed by atoms with van der Waals surface area (Å²) in [6, 6.07) is 0. The van der Waals surface area contributed by atoms with Crippen LogP contribution in [0.4, 0.5) is 8.78 Å². The summed E-state index contributed by atoms with van der Waals surface area (Å²) in [5.41, 5.74) is 0.195. The molecule has 0 spiro atoms. The maximum absolute atomic E-state index is 15.7.